The minimum absolute atomic E-state index is 0.0594. The van der Waals surface area contributed by atoms with E-state index in [4.69, 9.17) is 14.5 Å². The summed E-state index contributed by atoms with van der Waals surface area (Å²) in [5.41, 5.74) is 1.53. The van der Waals surface area contributed by atoms with Crippen molar-refractivity contribution in [1.82, 2.24) is 9.88 Å². The number of nitrogens with one attached hydrogen (secondary N) is 1. The average molecular weight is 389 g/mol. The lowest BCUT2D eigenvalue weighted by Gasteiger charge is -2.28. The first-order valence-electron chi connectivity index (χ1n) is 10.6. The first kappa shape index (κ1) is 19.5. The van der Waals surface area contributed by atoms with Gasteiger partial charge in [-0.05, 0) is 51.8 Å². The maximum Gasteiger partial charge on any atom is 0.411 e. The van der Waals surface area contributed by atoms with Crippen molar-refractivity contribution >= 4 is 17.6 Å². The molecule has 154 valence electrons. The SMILES string of the molecule is Cc1nc(N2CC[C@H](N3CCC[C@@H]3C)C2)ccc1NC(=O)OC1CCOCC1. The molecule has 0 unspecified atom stereocenters. The van der Waals surface area contributed by atoms with Crippen molar-refractivity contribution in [3.63, 3.8) is 0 Å². The molecule has 1 amide bonds. The Morgan fingerprint density at radius 3 is 2.75 bits per heavy atom. The quantitative estimate of drug-likeness (QED) is 0.855. The first-order chi connectivity index (χ1) is 13.6. The van der Waals surface area contributed by atoms with E-state index in [2.05, 4.69) is 22.0 Å². The van der Waals surface area contributed by atoms with Crippen LogP contribution in [0, 0.1) is 6.92 Å². The van der Waals surface area contributed by atoms with Gasteiger partial charge in [0.05, 0.1) is 24.6 Å². The second-order valence-electron chi connectivity index (χ2n) is 8.26. The van der Waals surface area contributed by atoms with Gasteiger partial charge in [0.15, 0.2) is 0 Å². The Kier molecular flexibility index (Phi) is 6.01. The molecule has 1 N–H and O–H groups in total. The van der Waals surface area contributed by atoms with Crippen LogP contribution >= 0.6 is 0 Å². The second-order valence-corrected chi connectivity index (χ2v) is 8.26. The third-order valence-corrected chi connectivity index (χ3v) is 6.31. The molecule has 3 aliphatic rings. The maximum absolute atomic E-state index is 12.2. The molecule has 4 rings (SSSR count). The molecule has 7 heteroatoms. The highest BCUT2D eigenvalue weighted by molar-refractivity contribution is 5.85. The summed E-state index contributed by atoms with van der Waals surface area (Å²) in [5.74, 6) is 0.996. The summed E-state index contributed by atoms with van der Waals surface area (Å²) in [6.45, 7) is 8.89. The van der Waals surface area contributed by atoms with Crippen LogP contribution in [0.15, 0.2) is 12.1 Å². The van der Waals surface area contributed by atoms with Gasteiger partial charge < -0.3 is 14.4 Å². The minimum Gasteiger partial charge on any atom is -0.446 e. The summed E-state index contributed by atoms with van der Waals surface area (Å²) in [5, 5.41) is 2.84. The average Bonchev–Trinajstić information content (AvgIpc) is 3.33. The zero-order valence-corrected chi connectivity index (χ0v) is 17.0. The first-order valence-corrected chi connectivity index (χ1v) is 10.6. The standard InChI is InChI=1S/C21H32N4O3/c1-15-4-3-10-25(15)17-7-11-24(14-17)20-6-5-19(16(2)22-20)23-21(26)28-18-8-12-27-13-9-18/h5-6,15,17-18H,3-4,7-14H2,1-2H3,(H,23,26)/t15-,17-/m0/s1. The molecule has 7 nitrogen and oxygen atoms in total. The molecule has 4 heterocycles. The Morgan fingerprint density at radius 1 is 1.21 bits per heavy atom. The Labute approximate surface area is 167 Å². The number of anilines is 2. The van der Waals surface area contributed by atoms with Crippen LogP contribution in [-0.2, 0) is 9.47 Å². The van der Waals surface area contributed by atoms with Gasteiger partial charge in [0.1, 0.15) is 11.9 Å². The molecule has 3 aliphatic heterocycles. The van der Waals surface area contributed by atoms with Crippen molar-refractivity contribution in [3.8, 4) is 0 Å². The van der Waals surface area contributed by atoms with Gasteiger partial charge >= 0.3 is 6.09 Å². The number of ether oxygens (including phenoxy) is 2. The number of aromatic nitrogens is 1. The molecule has 0 bridgehead atoms. The molecule has 0 aromatic carbocycles. The molecule has 1 aromatic heterocycles. The van der Waals surface area contributed by atoms with E-state index in [0.29, 0.717) is 31.0 Å². The van der Waals surface area contributed by atoms with E-state index in [1.807, 2.05) is 19.1 Å². The molecule has 2 atom stereocenters. The highest BCUT2D eigenvalue weighted by atomic mass is 16.6. The van der Waals surface area contributed by atoms with Gasteiger partial charge in [-0.15, -0.1) is 0 Å². The number of carbonyl (C=O) groups excluding carboxylic acids is 1. The Bertz CT molecular complexity index is 692. The zero-order valence-electron chi connectivity index (χ0n) is 17.0. The maximum atomic E-state index is 12.2. The van der Waals surface area contributed by atoms with Crippen LogP contribution in [0.3, 0.4) is 0 Å². The molecule has 1 aromatic rings. The van der Waals surface area contributed by atoms with Crippen LogP contribution in [-0.4, -0.2) is 67.0 Å². The van der Waals surface area contributed by atoms with E-state index < -0.39 is 6.09 Å². The number of hydrogen-bond donors (Lipinski definition) is 1. The lowest BCUT2D eigenvalue weighted by Crippen LogP contribution is -2.39. The highest BCUT2D eigenvalue weighted by Gasteiger charge is 2.33. The summed E-state index contributed by atoms with van der Waals surface area (Å²) in [6.07, 6.45) is 4.88. The van der Waals surface area contributed by atoms with Crippen molar-refractivity contribution in [2.45, 2.75) is 64.1 Å². The number of hydrogen-bond acceptors (Lipinski definition) is 6. The largest absolute Gasteiger partial charge is 0.446 e. The molecular formula is C21H32N4O3. The topological polar surface area (TPSA) is 66.9 Å². The molecule has 3 saturated heterocycles. The number of nitrogens with zero attached hydrogens (tertiary/aromatic N) is 3. The Hall–Kier alpha value is -1.86. The molecule has 3 fully saturated rings. The minimum atomic E-state index is -0.409. The molecular weight excluding hydrogens is 356 g/mol. The van der Waals surface area contributed by atoms with Gasteiger partial charge in [-0.3, -0.25) is 10.2 Å². The summed E-state index contributed by atoms with van der Waals surface area (Å²) in [7, 11) is 0. The van der Waals surface area contributed by atoms with Gasteiger partial charge in [0.2, 0.25) is 0 Å². The molecule has 28 heavy (non-hydrogen) atoms. The Morgan fingerprint density at radius 2 is 2.04 bits per heavy atom. The number of rotatable bonds is 4. The molecule has 0 saturated carbocycles. The van der Waals surface area contributed by atoms with E-state index >= 15 is 0 Å². The highest BCUT2D eigenvalue weighted by Crippen LogP contribution is 2.28. The number of pyridine rings is 1. The van der Waals surface area contributed by atoms with E-state index in [-0.39, 0.29) is 6.10 Å². The van der Waals surface area contributed by atoms with Gasteiger partial charge in [0.25, 0.3) is 0 Å². The Balaban J connectivity index is 1.33. The summed E-state index contributed by atoms with van der Waals surface area (Å²) < 4.78 is 10.8. The molecule has 0 radical (unpaired) electrons. The third-order valence-electron chi connectivity index (χ3n) is 6.31. The fourth-order valence-corrected chi connectivity index (χ4v) is 4.66. The van der Waals surface area contributed by atoms with Gasteiger partial charge in [-0.25, -0.2) is 9.78 Å². The van der Waals surface area contributed by atoms with Crippen LogP contribution in [0.2, 0.25) is 0 Å². The monoisotopic (exact) mass is 388 g/mol. The van der Waals surface area contributed by atoms with Crippen LogP contribution in [0.4, 0.5) is 16.3 Å². The van der Waals surface area contributed by atoms with Crippen LogP contribution in [0.5, 0.6) is 0 Å². The lowest BCUT2D eigenvalue weighted by atomic mass is 10.2. The fraction of sp³-hybridized carbons (Fsp3) is 0.714. The van der Waals surface area contributed by atoms with E-state index in [1.54, 1.807) is 0 Å². The molecule has 0 spiro atoms. The van der Waals surface area contributed by atoms with Crippen molar-refractivity contribution in [3.05, 3.63) is 17.8 Å². The van der Waals surface area contributed by atoms with Crippen molar-refractivity contribution in [2.24, 2.45) is 0 Å². The van der Waals surface area contributed by atoms with Gasteiger partial charge in [0, 0.05) is 38.0 Å². The smallest absolute Gasteiger partial charge is 0.411 e. The predicted molar refractivity (Wildman–Crippen MR) is 109 cm³/mol. The lowest BCUT2D eigenvalue weighted by molar-refractivity contribution is 0.00591. The van der Waals surface area contributed by atoms with E-state index in [9.17, 15) is 4.79 Å². The van der Waals surface area contributed by atoms with Gasteiger partial charge in [-0.1, -0.05) is 0 Å². The summed E-state index contributed by atoms with van der Waals surface area (Å²) in [6, 6.07) is 5.28. The summed E-state index contributed by atoms with van der Waals surface area (Å²) >= 11 is 0. The van der Waals surface area contributed by atoms with Crippen LogP contribution < -0.4 is 10.2 Å². The number of likely N-dealkylation sites (tertiary alicyclic amines) is 1. The van der Waals surface area contributed by atoms with E-state index in [0.717, 1.165) is 37.4 Å². The number of aryl methyl sites for hydroxylation is 1. The molecule has 0 aliphatic carbocycles. The van der Waals surface area contributed by atoms with Crippen molar-refractivity contribution in [1.29, 1.82) is 0 Å². The predicted octanol–water partition coefficient (Wildman–Crippen LogP) is 3.18. The zero-order chi connectivity index (χ0) is 19.5. The fourth-order valence-electron chi connectivity index (χ4n) is 4.66. The number of amides is 1. The van der Waals surface area contributed by atoms with Crippen LogP contribution in [0.1, 0.15) is 44.7 Å². The second kappa shape index (κ2) is 8.66. The van der Waals surface area contributed by atoms with E-state index in [1.165, 1.54) is 25.8 Å². The third kappa shape index (κ3) is 4.41. The van der Waals surface area contributed by atoms with Crippen LogP contribution in [0.25, 0.3) is 0 Å². The summed E-state index contributed by atoms with van der Waals surface area (Å²) in [4.78, 5) is 22.0. The van der Waals surface area contributed by atoms with Crippen molar-refractivity contribution < 1.29 is 14.3 Å². The van der Waals surface area contributed by atoms with Crippen molar-refractivity contribution in [2.75, 3.05) is 43.1 Å². The number of carbonyl (C=O) groups is 1. The normalized spacial score (nSPS) is 26.6. The van der Waals surface area contributed by atoms with Gasteiger partial charge in [-0.2, -0.15) is 0 Å².